The fourth-order valence-electron chi connectivity index (χ4n) is 10.2. The number of thiazole rings is 2. The van der Waals surface area contributed by atoms with Crippen molar-refractivity contribution in [3.63, 3.8) is 0 Å². The Kier molecular flexibility index (Phi) is 17.0. The number of aromatic nitrogens is 2. The Hall–Kier alpha value is -4.68. The van der Waals surface area contributed by atoms with Crippen molar-refractivity contribution >= 4 is 77.1 Å². The van der Waals surface area contributed by atoms with Gasteiger partial charge >= 0.3 is 0 Å². The van der Waals surface area contributed by atoms with Crippen LogP contribution in [-0.4, -0.2) is 9.97 Å². The molecule has 2 nitrogen and oxygen atoms in total. The highest BCUT2D eigenvalue weighted by Crippen LogP contribution is 2.48. The molecule has 9 aromatic rings. The van der Waals surface area contributed by atoms with Crippen LogP contribution >= 0.6 is 34.0 Å². The van der Waals surface area contributed by atoms with Crippen LogP contribution < -0.4 is 0 Å². The molecule has 0 saturated heterocycles. The van der Waals surface area contributed by atoms with Gasteiger partial charge in [0.15, 0.2) is 0 Å². The monoisotopic (exact) mass is 938 g/mol. The normalized spacial score (nSPS) is 11.9. The van der Waals surface area contributed by atoms with Crippen molar-refractivity contribution in [2.24, 2.45) is 0 Å². The van der Waals surface area contributed by atoms with Crippen molar-refractivity contribution in [2.75, 3.05) is 0 Å². The molecule has 0 spiro atoms. The van der Waals surface area contributed by atoms with Gasteiger partial charge in [-0.15, -0.1) is 34.0 Å². The molecule has 0 aliphatic heterocycles. The third-order valence-electron chi connectivity index (χ3n) is 14.0. The lowest BCUT2D eigenvalue weighted by Crippen LogP contribution is -1.95. The van der Waals surface area contributed by atoms with E-state index < -0.39 is 0 Å². The first-order valence-electron chi connectivity index (χ1n) is 26.1. The lowest BCUT2D eigenvalue weighted by molar-refractivity contribution is 0.553. The Labute approximate surface area is 413 Å². The quantitative estimate of drug-likeness (QED) is 0.0399. The zero-order valence-corrected chi connectivity index (χ0v) is 42.7. The molecule has 0 bridgehead atoms. The van der Waals surface area contributed by atoms with Gasteiger partial charge in [0.05, 0.1) is 19.5 Å². The van der Waals surface area contributed by atoms with Gasteiger partial charge in [0.2, 0.25) is 0 Å². The molecule has 0 amide bonds. The largest absolute Gasteiger partial charge is 0.244 e. The van der Waals surface area contributed by atoms with E-state index in [0.29, 0.717) is 0 Å². The molecule has 0 N–H and O–H groups in total. The maximum atomic E-state index is 5.17. The van der Waals surface area contributed by atoms with Gasteiger partial charge < -0.3 is 0 Å². The molecular formula is C62H70N2S3. The Balaban J connectivity index is 1.01. The van der Waals surface area contributed by atoms with Gasteiger partial charge in [-0.05, 0) is 116 Å². The number of nitrogens with zero attached hydrogens (tertiary/aromatic N) is 2. The first-order chi connectivity index (χ1) is 33.1. The molecule has 3 aromatic heterocycles. The van der Waals surface area contributed by atoms with Crippen molar-refractivity contribution in [3.8, 4) is 40.7 Å². The van der Waals surface area contributed by atoms with Gasteiger partial charge in [-0.25, -0.2) is 9.97 Å². The zero-order chi connectivity index (χ0) is 45.6. The molecule has 3 heterocycles. The molecule has 9 rings (SSSR count). The molecule has 0 radical (unpaired) electrons. The summed E-state index contributed by atoms with van der Waals surface area (Å²) in [5.41, 5.74) is 5.58. The molecule has 0 aliphatic rings. The number of hydrogen-bond donors (Lipinski definition) is 0. The molecule has 0 atom stereocenters. The minimum Gasteiger partial charge on any atom is -0.244 e. The van der Waals surface area contributed by atoms with Gasteiger partial charge in [0.1, 0.15) is 10.0 Å². The predicted molar refractivity (Wildman–Crippen MR) is 299 cm³/mol. The topological polar surface area (TPSA) is 25.8 Å². The average molecular weight is 939 g/mol. The highest BCUT2D eigenvalue weighted by molar-refractivity contribution is 7.28. The predicted octanol–water partition coefficient (Wildman–Crippen LogP) is 20.9. The molecule has 5 heteroatoms. The number of thiophene rings is 1. The van der Waals surface area contributed by atoms with E-state index in [1.54, 1.807) is 11.1 Å². The summed E-state index contributed by atoms with van der Waals surface area (Å²) in [7, 11) is 0. The van der Waals surface area contributed by atoms with Crippen LogP contribution in [0.25, 0.3) is 83.7 Å². The zero-order valence-electron chi connectivity index (χ0n) is 40.2. The highest BCUT2D eigenvalue weighted by atomic mass is 32.1. The van der Waals surface area contributed by atoms with E-state index in [-0.39, 0.29) is 0 Å². The first kappa shape index (κ1) is 47.4. The van der Waals surface area contributed by atoms with E-state index in [0.717, 1.165) is 22.9 Å². The van der Waals surface area contributed by atoms with Crippen LogP contribution in [0.1, 0.15) is 153 Å². The van der Waals surface area contributed by atoms with Crippen molar-refractivity contribution in [1.82, 2.24) is 9.97 Å². The fraction of sp³-hybridized carbons (Fsp3) is 0.387. The smallest absolute Gasteiger partial charge is 0.123 e. The Bertz CT molecular complexity index is 2780. The average Bonchev–Trinajstić information content (AvgIpc) is 4.13. The number of fused-ring (bicyclic) bond motifs is 4. The number of hydrogen-bond acceptors (Lipinski definition) is 5. The molecule has 0 unspecified atom stereocenters. The van der Waals surface area contributed by atoms with E-state index in [2.05, 4.69) is 135 Å². The van der Waals surface area contributed by atoms with Crippen LogP contribution in [0.15, 0.2) is 122 Å². The summed E-state index contributed by atoms with van der Waals surface area (Å²) in [5.74, 6) is 0. The van der Waals surface area contributed by atoms with E-state index in [1.807, 2.05) is 34.0 Å². The van der Waals surface area contributed by atoms with Crippen LogP contribution in [0.5, 0.6) is 0 Å². The second kappa shape index (κ2) is 24.0. The minimum absolute atomic E-state index is 1.10. The lowest BCUT2D eigenvalue weighted by atomic mass is 9.95. The van der Waals surface area contributed by atoms with Crippen LogP contribution in [0.2, 0.25) is 0 Å². The van der Waals surface area contributed by atoms with Crippen LogP contribution in [0.4, 0.5) is 0 Å². The molecule has 346 valence electrons. The molecule has 0 saturated carbocycles. The lowest BCUT2D eigenvalue weighted by Gasteiger charge is -2.10. The van der Waals surface area contributed by atoms with Crippen molar-refractivity contribution in [1.29, 1.82) is 0 Å². The van der Waals surface area contributed by atoms with Gasteiger partial charge in [0.25, 0.3) is 0 Å². The van der Waals surface area contributed by atoms with E-state index in [4.69, 9.17) is 9.97 Å². The maximum absolute atomic E-state index is 5.17. The highest BCUT2D eigenvalue weighted by Gasteiger charge is 2.24. The molecular weight excluding hydrogens is 869 g/mol. The Morgan fingerprint density at radius 3 is 1.03 bits per heavy atom. The molecule has 67 heavy (non-hydrogen) atoms. The summed E-state index contributed by atoms with van der Waals surface area (Å²) in [6.45, 7) is 4.62. The fourth-order valence-corrected chi connectivity index (χ4v) is 13.6. The van der Waals surface area contributed by atoms with Crippen LogP contribution in [0.3, 0.4) is 0 Å². The third-order valence-corrected chi connectivity index (χ3v) is 17.8. The van der Waals surface area contributed by atoms with Gasteiger partial charge in [-0.2, -0.15) is 0 Å². The second-order valence-corrected chi connectivity index (χ2v) is 22.2. The van der Waals surface area contributed by atoms with Crippen LogP contribution in [0, 0.1) is 0 Å². The van der Waals surface area contributed by atoms with Gasteiger partial charge in [0, 0.05) is 23.5 Å². The standard InChI is InChI=1S/C62H70N2S3/c1-3-5-7-9-11-13-15-17-19-21-31-55-56(32-22-20-18-16-14-12-10-8-6-4-2)60(58-44-64-62(66-58)52-36-34-50-38-46-28-24-26-30-48(46)40-54(50)42-52)67-59(55)57-43-63-61(65-57)51-35-33-49-37-45-27-23-25-29-47(45)39-53(49)41-51/h23-30,33-44H,3-22,31-32H2,1-2H3. The number of benzene rings is 6. The van der Waals surface area contributed by atoms with Crippen LogP contribution in [-0.2, 0) is 12.8 Å². The molecule has 0 fully saturated rings. The number of rotatable bonds is 26. The maximum Gasteiger partial charge on any atom is 0.123 e. The van der Waals surface area contributed by atoms with Crippen molar-refractivity contribution in [2.45, 2.75) is 155 Å². The second-order valence-electron chi connectivity index (χ2n) is 19.2. The van der Waals surface area contributed by atoms with E-state index in [9.17, 15) is 0 Å². The summed E-state index contributed by atoms with van der Waals surface area (Å²) < 4.78 is 0. The van der Waals surface area contributed by atoms with Gasteiger partial charge in [-0.1, -0.05) is 202 Å². The van der Waals surface area contributed by atoms with E-state index in [1.165, 1.54) is 202 Å². The summed E-state index contributed by atoms with van der Waals surface area (Å²) in [6, 6.07) is 40.5. The van der Waals surface area contributed by atoms with E-state index >= 15 is 0 Å². The molecule has 0 aliphatic carbocycles. The summed E-state index contributed by atoms with van der Waals surface area (Å²) in [4.78, 5) is 15.8. The summed E-state index contributed by atoms with van der Waals surface area (Å²) in [6.07, 6.45) is 33.8. The third kappa shape index (κ3) is 12.1. The van der Waals surface area contributed by atoms with Crippen molar-refractivity contribution < 1.29 is 0 Å². The SMILES string of the molecule is CCCCCCCCCCCCc1c(-c2cnc(-c3ccc4cc5ccccc5cc4c3)s2)sc(-c2cnc(-c3ccc4cc5ccccc5cc4c3)s2)c1CCCCCCCCCCCC. The number of unbranched alkanes of at least 4 members (excludes halogenated alkanes) is 18. The van der Waals surface area contributed by atoms with Crippen molar-refractivity contribution in [3.05, 3.63) is 133 Å². The minimum atomic E-state index is 1.10. The first-order valence-corrected chi connectivity index (χ1v) is 28.5. The summed E-state index contributed by atoms with van der Waals surface area (Å²) >= 11 is 5.77. The summed E-state index contributed by atoms with van der Waals surface area (Å²) in [5, 5.41) is 12.4. The molecule has 6 aromatic carbocycles. The Morgan fingerprint density at radius 2 is 0.657 bits per heavy atom. The Morgan fingerprint density at radius 1 is 0.328 bits per heavy atom. The van der Waals surface area contributed by atoms with Gasteiger partial charge in [-0.3, -0.25) is 0 Å².